The molecule has 0 fully saturated rings. The maximum absolute atomic E-state index is 13.8. The lowest BCUT2D eigenvalue weighted by atomic mass is 10.1. The molecule has 0 bridgehead atoms. The van der Waals surface area contributed by atoms with Crippen LogP contribution in [0, 0.1) is 5.82 Å². The summed E-state index contributed by atoms with van der Waals surface area (Å²) in [5, 5.41) is 11.5. The number of hydrogen-bond donors (Lipinski definition) is 1. The summed E-state index contributed by atoms with van der Waals surface area (Å²) in [4.78, 5) is 0. The summed E-state index contributed by atoms with van der Waals surface area (Å²) >= 11 is 9.37. The van der Waals surface area contributed by atoms with Gasteiger partial charge in [-0.25, -0.2) is 4.39 Å². The van der Waals surface area contributed by atoms with Crippen molar-refractivity contribution in [2.24, 2.45) is 0 Å². The average molecular weight is 370 g/mol. The lowest BCUT2D eigenvalue weighted by Crippen LogP contribution is -2.03. The summed E-state index contributed by atoms with van der Waals surface area (Å²) in [5.74, 6) is -0.0462. The van der Waals surface area contributed by atoms with Gasteiger partial charge in [0.05, 0.1) is 4.47 Å². The van der Waals surface area contributed by atoms with Gasteiger partial charge in [0.15, 0.2) is 0 Å². The van der Waals surface area contributed by atoms with Crippen molar-refractivity contribution < 1.29 is 13.9 Å². The maximum atomic E-state index is 13.8. The second-order valence-corrected chi connectivity index (χ2v) is 5.99. The minimum atomic E-state index is -0.960. The third-order valence-corrected chi connectivity index (χ3v) is 4.28. The molecule has 1 atom stereocenters. The third kappa shape index (κ3) is 2.84. The van der Waals surface area contributed by atoms with Gasteiger partial charge >= 0.3 is 0 Å². The van der Waals surface area contributed by atoms with Gasteiger partial charge in [-0.15, -0.1) is 0 Å². The molecule has 21 heavy (non-hydrogen) atoms. The molecule has 0 spiro atoms. The Morgan fingerprint density at radius 2 is 2.00 bits per heavy atom. The first kappa shape index (κ1) is 14.6. The fraction of sp³-hybridized carbons (Fsp3) is 0.125. The monoisotopic (exact) mass is 368 g/mol. The minimum absolute atomic E-state index is 0.0585. The van der Waals surface area contributed by atoms with Crippen molar-refractivity contribution in [2.75, 3.05) is 0 Å². The molecule has 5 heteroatoms. The van der Waals surface area contributed by atoms with Crippen LogP contribution >= 0.6 is 27.5 Å². The molecule has 1 unspecified atom stereocenters. The topological polar surface area (TPSA) is 33.4 Å². The Balaban J connectivity index is 1.94. The van der Waals surface area contributed by atoms with Crippen LogP contribution in [0.1, 0.15) is 17.4 Å². The number of halogens is 3. The van der Waals surface area contributed by atoms with Crippen molar-refractivity contribution in [3.8, 4) is 0 Å². The first-order valence-electron chi connectivity index (χ1n) is 6.35. The Bertz CT molecular complexity index is 780. The van der Waals surface area contributed by atoms with Gasteiger partial charge in [-0.3, -0.25) is 0 Å². The highest BCUT2D eigenvalue weighted by molar-refractivity contribution is 9.10. The van der Waals surface area contributed by atoms with Gasteiger partial charge in [-0.05, 0) is 40.2 Å². The van der Waals surface area contributed by atoms with E-state index in [1.165, 1.54) is 12.1 Å². The first-order chi connectivity index (χ1) is 10.1. The molecule has 0 radical (unpaired) electrons. The molecule has 3 rings (SSSR count). The highest BCUT2D eigenvalue weighted by Crippen LogP contribution is 2.32. The van der Waals surface area contributed by atoms with Crippen LogP contribution < -0.4 is 0 Å². The molecule has 0 amide bonds. The zero-order valence-corrected chi connectivity index (χ0v) is 13.2. The normalized spacial score (nSPS) is 12.8. The van der Waals surface area contributed by atoms with Gasteiger partial charge in [-0.2, -0.15) is 0 Å². The van der Waals surface area contributed by atoms with E-state index in [1.54, 1.807) is 12.1 Å². The number of fused-ring (bicyclic) bond motifs is 1. The van der Waals surface area contributed by atoms with Crippen molar-refractivity contribution in [3.63, 3.8) is 0 Å². The molecule has 0 saturated heterocycles. The predicted octanol–water partition coefficient (Wildman–Crippen LogP) is 5.26. The standard InChI is InChI=1S/C16H11BrClFO2/c17-11-4-1-3-9-7-15(21-16(9)11)14(20)8-10-12(18)5-2-6-13(10)19/h1-7,14,20H,8H2. The largest absolute Gasteiger partial charge is 0.457 e. The summed E-state index contributed by atoms with van der Waals surface area (Å²) < 4.78 is 20.2. The Kier molecular flexibility index (Phi) is 4.02. The number of para-hydroxylation sites is 1. The Morgan fingerprint density at radius 3 is 2.71 bits per heavy atom. The quantitative estimate of drug-likeness (QED) is 0.683. The van der Waals surface area contributed by atoms with E-state index in [1.807, 2.05) is 18.2 Å². The molecule has 3 aromatic rings. The minimum Gasteiger partial charge on any atom is -0.457 e. The first-order valence-corrected chi connectivity index (χ1v) is 7.52. The van der Waals surface area contributed by atoms with Crippen LogP contribution in [0.25, 0.3) is 11.0 Å². The molecule has 1 heterocycles. The van der Waals surface area contributed by atoms with E-state index in [9.17, 15) is 9.50 Å². The van der Waals surface area contributed by atoms with Crippen molar-refractivity contribution in [3.05, 3.63) is 69.1 Å². The van der Waals surface area contributed by atoms with Gasteiger partial charge in [0.1, 0.15) is 23.3 Å². The number of furan rings is 1. The van der Waals surface area contributed by atoms with E-state index in [0.717, 1.165) is 9.86 Å². The van der Waals surface area contributed by atoms with Crippen molar-refractivity contribution in [1.29, 1.82) is 0 Å². The zero-order chi connectivity index (χ0) is 15.0. The van der Waals surface area contributed by atoms with Gasteiger partial charge in [0, 0.05) is 22.4 Å². The van der Waals surface area contributed by atoms with Crippen LogP contribution in [0.3, 0.4) is 0 Å². The molecule has 2 nitrogen and oxygen atoms in total. The molecule has 0 aliphatic heterocycles. The lowest BCUT2D eigenvalue weighted by Gasteiger charge is -2.10. The highest BCUT2D eigenvalue weighted by atomic mass is 79.9. The Morgan fingerprint density at radius 1 is 1.24 bits per heavy atom. The highest BCUT2D eigenvalue weighted by Gasteiger charge is 2.18. The van der Waals surface area contributed by atoms with Crippen LogP contribution in [0.15, 0.2) is 51.4 Å². The number of hydrogen-bond acceptors (Lipinski definition) is 2. The van der Waals surface area contributed by atoms with E-state index < -0.39 is 11.9 Å². The number of aliphatic hydroxyl groups excluding tert-OH is 1. The van der Waals surface area contributed by atoms with E-state index >= 15 is 0 Å². The molecular formula is C16H11BrClFO2. The Hall–Kier alpha value is -1.36. The van der Waals surface area contributed by atoms with Crippen LogP contribution in [-0.2, 0) is 6.42 Å². The van der Waals surface area contributed by atoms with E-state index in [4.69, 9.17) is 16.0 Å². The SMILES string of the molecule is OC(Cc1c(F)cccc1Cl)c1cc2cccc(Br)c2o1. The predicted molar refractivity (Wildman–Crippen MR) is 84.0 cm³/mol. The van der Waals surface area contributed by atoms with E-state index in [0.29, 0.717) is 16.4 Å². The summed E-state index contributed by atoms with van der Waals surface area (Å²) in [5.41, 5.74) is 0.942. The number of rotatable bonds is 3. The van der Waals surface area contributed by atoms with E-state index in [-0.39, 0.29) is 12.0 Å². The summed E-state index contributed by atoms with van der Waals surface area (Å²) in [6.07, 6.45) is -0.901. The lowest BCUT2D eigenvalue weighted by molar-refractivity contribution is 0.151. The molecule has 1 N–H and O–H groups in total. The number of aliphatic hydroxyl groups is 1. The van der Waals surface area contributed by atoms with Gasteiger partial charge < -0.3 is 9.52 Å². The molecule has 1 aromatic heterocycles. The van der Waals surface area contributed by atoms with Crippen molar-refractivity contribution in [2.45, 2.75) is 12.5 Å². The van der Waals surface area contributed by atoms with Crippen molar-refractivity contribution >= 4 is 38.5 Å². The molecule has 108 valence electrons. The van der Waals surface area contributed by atoms with Crippen LogP contribution in [0.2, 0.25) is 5.02 Å². The molecular weight excluding hydrogens is 359 g/mol. The molecule has 0 aliphatic carbocycles. The second kappa shape index (κ2) is 5.79. The van der Waals surface area contributed by atoms with Gasteiger partial charge in [-0.1, -0.05) is 29.8 Å². The van der Waals surface area contributed by atoms with Crippen LogP contribution in [0.4, 0.5) is 4.39 Å². The van der Waals surface area contributed by atoms with Gasteiger partial charge in [0.25, 0.3) is 0 Å². The number of benzene rings is 2. The Labute approximate surface area is 134 Å². The zero-order valence-electron chi connectivity index (χ0n) is 10.8. The molecule has 2 aromatic carbocycles. The maximum Gasteiger partial charge on any atom is 0.148 e. The summed E-state index contributed by atoms with van der Waals surface area (Å²) in [6.45, 7) is 0. The van der Waals surface area contributed by atoms with Gasteiger partial charge in [0.2, 0.25) is 0 Å². The third-order valence-electron chi connectivity index (χ3n) is 3.30. The summed E-state index contributed by atoms with van der Waals surface area (Å²) in [6, 6.07) is 11.8. The second-order valence-electron chi connectivity index (χ2n) is 4.73. The van der Waals surface area contributed by atoms with Crippen LogP contribution in [0.5, 0.6) is 0 Å². The fourth-order valence-corrected chi connectivity index (χ4v) is 2.94. The summed E-state index contributed by atoms with van der Waals surface area (Å²) in [7, 11) is 0. The van der Waals surface area contributed by atoms with Crippen molar-refractivity contribution in [1.82, 2.24) is 0 Å². The molecule has 0 saturated carbocycles. The average Bonchev–Trinajstić information content (AvgIpc) is 2.88. The fourth-order valence-electron chi connectivity index (χ4n) is 2.23. The van der Waals surface area contributed by atoms with E-state index in [2.05, 4.69) is 15.9 Å². The van der Waals surface area contributed by atoms with Crippen LogP contribution in [-0.4, -0.2) is 5.11 Å². The molecule has 0 aliphatic rings. The smallest absolute Gasteiger partial charge is 0.148 e.